The average molecular weight is 188 g/mol. The van der Waals surface area contributed by atoms with Crippen LogP contribution >= 0.6 is 0 Å². The van der Waals surface area contributed by atoms with Gasteiger partial charge in [-0.1, -0.05) is 37.3 Å². The second kappa shape index (κ2) is 6.17. The van der Waals surface area contributed by atoms with E-state index in [1.807, 2.05) is 25.1 Å². The fraction of sp³-hybridized carbons (Fsp3) is 0.417. The van der Waals surface area contributed by atoms with Gasteiger partial charge in [0.25, 0.3) is 0 Å². The highest BCUT2D eigenvalue weighted by atomic mass is 14.9. The van der Waals surface area contributed by atoms with Crippen molar-refractivity contribution in [3.63, 3.8) is 0 Å². The van der Waals surface area contributed by atoms with E-state index in [0.717, 1.165) is 19.4 Å². The molecule has 0 aliphatic heterocycles. The van der Waals surface area contributed by atoms with E-state index >= 15 is 0 Å². The Labute approximate surface area is 85.6 Å². The van der Waals surface area contributed by atoms with Gasteiger partial charge in [0.2, 0.25) is 0 Å². The molecule has 0 aromatic heterocycles. The summed E-state index contributed by atoms with van der Waals surface area (Å²) in [6.45, 7) is 2.87. The highest BCUT2D eigenvalue weighted by molar-refractivity contribution is 5.15. The third-order valence-corrected chi connectivity index (χ3v) is 2.17. The summed E-state index contributed by atoms with van der Waals surface area (Å²) in [7, 11) is 0. The van der Waals surface area contributed by atoms with Crippen LogP contribution in [-0.2, 0) is 6.42 Å². The summed E-state index contributed by atoms with van der Waals surface area (Å²) in [5.41, 5.74) is 1.30. The molecule has 0 saturated heterocycles. The van der Waals surface area contributed by atoms with Crippen LogP contribution in [0.1, 0.15) is 18.9 Å². The first-order valence-corrected chi connectivity index (χ1v) is 5.03. The molecule has 1 aromatic rings. The van der Waals surface area contributed by atoms with Gasteiger partial charge in [-0.05, 0) is 24.9 Å². The van der Waals surface area contributed by atoms with Crippen molar-refractivity contribution in [1.82, 2.24) is 5.32 Å². The Balaban J connectivity index is 2.37. The predicted molar refractivity (Wildman–Crippen MR) is 57.8 cm³/mol. The molecule has 1 N–H and O–H groups in total. The maximum Gasteiger partial charge on any atom is 0.0956 e. The number of nitrogens with one attached hydrogen (secondary N) is 1. The Hall–Kier alpha value is -1.33. The van der Waals surface area contributed by atoms with E-state index in [1.165, 1.54) is 5.56 Å². The lowest BCUT2D eigenvalue weighted by atomic mass is 10.1. The highest BCUT2D eigenvalue weighted by Gasteiger charge is 2.04. The van der Waals surface area contributed by atoms with Crippen molar-refractivity contribution in [1.29, 1.82) is 5.26 Å². The molecule has 14 heavy (non-hydrogen) atoms. The fourth-order valence-corrected chi connectivity index (χ4v) is 1.41. The fourth-order valence-electron chi connectivity index (χ4n) is 1.41. The minimum Gasteiger partial charge on any atom is -0.302 e. The minimum absolute atomic E-state index is 0.0137. The van der Waals surface area contributed by atoms with E-state index in [0.29, 0.717) is 0 Å². The Bertz CT molecular complexity index is 287. The van der Waals surface area contributed by atoms with Crippen LogP contribution in [0, 0.1) is 11.3 Å². The monoisotopic (exact) mass is 188 g/mol. The van der Waals surface area contributed by atoms with Crippen LogP contribution in [-0.4, -0.2) is 12.6 Å². The smallest absolute Gasteiger partial charge is 0.0956 e. The molecule has 2 nitrogen and oxygen atoms in total. The summed E-state index contributed by atoms with van der Waals surface area (Å²) in [5, 5.41) is 12.0. The molecule has 1 rings (SSSR count). The van der Waals surface area contributed by atoms with Crippen LogP contribution in [0.15, 0.2) is 30.3 Å². The van der Waals surface area contributed by atoms with E-state index in [-0.39, 0.29) is 6.04 Å². The summed E-state index contributed by atoms with van der Waals surface area (Å²) in [6, 6.07) is 12.5. The SMILES string of the molecule is CCNC(C#N)CCc1ccccc1. The third kappa shape index (κ3) is 3.59. The minimum atomic E-state index is -0.0137. The molecule has 1 unspecified atom stereocenters. The Morgan fingerprint density at radius 1 is 1.36 bits per heavy atom. The number of hydrogen-bond donors (Lipinski definition) is 1. The number of nitrogens with zero attached hydrogens (tertiary/aromatic N) is 1. The second-order valence-corrected chi connectivity index (χ2v) is 3.26. The van der Waals surface area contributed by atoms with Crippen LogP contribution in [0.25, 0.3) is 0 Å². The van der Waals surface area contributed by atoms with Crippen molar-refractivity contribution in [2.75, 3.05) is 6.54 Å². The lowest BCUT2D eigenvalue weighted by molar-refractivity contribution is 0.583. The summed E-state index contributed by atoms with van der Waals surface area (Å²) >= 11 is 0. The van der Waals surface area contributed by atoms with Crippen molar-refractivity contribution in [3.8, 4) is 6.07 Å². The zero-order chi connectivity index (χ0) is 10.2. The summed E-state index contributed by atoms with van der Waals surface area (Å²) < 4.78 is 0. The van der Waals surface area contributed by atoms with Crippen LogP contribution in [0.4, 0.5) is 0 Å². The molecule has 0 spiro atoms. The zero-order valence-electron chi connectivity index (χ0n) is 8.53. The van der Waals surface area contributed by atoms with Gasteiger partial charge in [0.1, 0.15) is 0 Å². The van der Waals surface area contributed by atoms with Crippen LogP contribution < -0.4 is 5.32 Å². The lowest BCUT2D eigenvalue weighted by Crippen LogP contribution is -2.27. The molecule has 1 aromatic carbocycles. The van der Waals surface area contributed by atoms with Gasteiger partial charge in [0, 0.05) is 0 Å². The van der Waals surface area contributed by atoms with Gasteiger partial charge < -0.3 is 5.32 Å². The molecule has 0 fully saturated rings. The van der Waals surface area contributed by atoms with E-state index in [9.17, 15) is 0 Å². The molecule has 0 heterocycles. The molecule has 1 atom stereocenters. The van der Waals surface area contributed by atoms with Crippen molar-refractivity contribution in [2.45, 2.75) is 25.8 Å². The molecule has 0 amide bonds. The maximum atomic E-state index is 8.82. The van der Waals surface area contributed by atoms with Crippen molar-refractivity contribution < 1.29 is 0 Å². The first-order valence-electron chi connectivity index (χ1n) is 5.03. The van der Waals surface area contributed by atoms with E-state index in [1.54, 1.807) is 0 Å². The van der Waals surface area contributed by atoms with Gasteiger partial charge in [-0.2, -0.15) is 5.26 Å². The average Bonchev–Trinajstić information content (AvgIpc) is 2.25. The molecular formula is C12H16N2. The molecule has 0 aliphatic rings. The van der Waals surface area contributed by atoms with Gasteiger partial charge in [0.15, 0.2) is 0 Å². The number of benzene rings is 1. The summed E-state index contributed by atoms with van der Waals surface area (Å²) in [4.78, 5) is 0. The van der Waals surface area contributed by atoms with Crippen molar-refractivity contribution >= 4 is 0 Å². The molecule has 74 valence electrons. The van der Waals surface area contributed by atoms with Gasteiger partial charge in [-0.25, -0.2) is 0 Å². The quantitative estimate of drug-likeness (QED) is 0.768. The number of nitriles is 1. The first kappa shape index (κ1) is 10.7. The second-order valence-electron chi connectivity index (χ2n) is 3.26. The Morgan fingerprint density at radius 2 is 2.07 bits per heavy atom. The summed E-state index contributed by atoms with van der Waals surface area (Å²) in [5.74, 6) is 0. The van der Waals surface area contributed by atoms with Gasteiger partial charge in [0.05, 0.1) is 12.1 Å². The van der Waals surface area contributed by atoms with Crippen molar-refractivity contribution in [3.05, 3.63) is 35.9 Å². The lowest BCUT2D eigenvalue weighted by Gasteiger charge is -2.08. The van der Waals surface area contributed by atoms with E-state index in [4.69, 9.17) is 5.26 Å². The molecule has 0 bridgehead atoms. The number of aryl methyl sites for hydroxylation is 1. The standard InChI is InChI=1S/C12H16N2/c1-2-14-12(10-13)9-8-11-6-4-3-5-7-11/h3-7,12,14H,2,8-9H2,1H3. The Morgan fingerprint density at radius 3 is 2.64 bits per heavy atom. The largest absolute Gasteiger partial charge is 0.302 e. The van der Waals surface area contributed by atoms with Gasteiger partial charge in [-0.15, -0.1) is 0 Å². The first-order chi connectivity index (χ1) is 6.86. The molecule has 2 heteroatoms. The molecular weight excluding hydrogens is 172 g/mol. The van der Waals surface area contributed by atoms with E-state index < -0.39 is 0 Å². The highest BCUT2D eigenvalue weighted by Crippen LogP contribution is 2.04. The van der Waals surface area contributed by atoms with E-state index in [2.05, 4.69) is 23.5 Å². The molecule has 0 radical (unpaired) electrons. The predicted octanol–water partition coefficient (Wildman–Crippen LogP) is 2.12. The van der Waals surface area contributed by atoms with Crippen LogP contribution in [0.3, 0.4) is 0 Å². The Kier molecular flexibility index (Phi) is 4.74. The summed E-state index contributed by atoms with van der Waals surface area (Å²) in [6.07, 6.45) is 1.85. The third-order valence-electron chi connectivity index (χ3n) is 2.17. The van der Waals surface area contributed by atoms with Gasteiger partial charge in [-0.3, -0.25) is 0 Å². The normalized spacial score (nSPS) is 12.0. The topological polar surface area (TPSA) is 35.8 Å². The van der Waals surface area contributed by atoms with Crippen LogP contribution in [0.5, 0.6) is 0 Å². The molecule has 0 saturated carbocycles. The molecule has 0 aliphatic carbocycles. The van der Waals surface area contributed by atoms with Crippen LogP contribution in [0.2, 0.25) is 0 Å². The number of hydrogen-bond acceptors (Lipinski definition) is 2. The van der Waals surface area contributed by atoms with Crippen molar-refractivity contribution in [2.24, 2.45) is 0 Å². The maximum absolute atomic E-state index is 8.82. The zero-order valence-corrected chi connectivity index (χ0v) is 8.53. The number of rotatable bonds is 5. The van der Waals surface area contributed by atoms with Gasteiger partial charge >= 0.3 is 0 Å².